The van der Waals surface area contributed by atoms with E-state index in [-0.39, 0.29) is 0 Å². The molecule has 4 heteroatoms. The predicted molar refractivity (Wildman–Crippen MR) is 77.8 cm³/mol. The number of aromatic carboxylic acids is 1. The molecule has 0 atom stereocenters. The molecule has 0 radical (unpaired) electrons. The molecule has 1 aliphatic rings. The molecule has 0 spiro atoms. The van der Waals surface area contributed by atoms with Gasteiger partial charge in [0.15, 0.2) is 0 Å². The molecule has 0 amide bonds. The maximum Gasteiger partial charge on any atom is 0.336 e. The van der Waals surface area contributed by atoms with Crippen molar-refractivity contribution in [1.29, 1.82) is 0 Å². The molecule has 110 valence electrons. The third-order valence-corrected chi connectivity index (χ3v) is 4.05. The van der Waals surface area contributed by atoms with Crippen LogP contribution in [0.1, 0.15) is 54.4 Å². The van der Waals surface area contributed by atoms with Gasteiger partial charge in [-0.3, -0.25) is 0 Å². The molecule has 1 aromatic carbocycles. The molecule has 4 nitrogen and oxygen atoms in total. The monoisotopic (exact) mass is 277 g/mol. The first kappa shape index (κ1) is 15.0. The van der Waals surface area contributed by atoms with Gasteiger partial charge in [0.2, 0.25) is 0 Å². The van der Waals surface area contributed by atoms with E-state index in [9.17, 15) is 9.90 Å². The molecule has 1 fully saturated rings. The highest BCUT2D eigenvalue weighted by molar-refractivity contribution is 5.89. The first-order valence-corrected chi connectivity index (χ1v) is 7.35. The topological polar surface area (TPSA) is 69.6 Å². The van der Waals surface area contributed by atoms with Gasteiger partial charge in [-0.2, -0.15) is 0 Å². The van der Waals surface area contributed by atoms with Gasteiger partial charge >= 0.3 is 5.97 Å². The van der Waals surface area contributed by atoms with E-state index in [0.29, 0.717) is 18.7 Å². The van der Waals surface area contributed by atoms with Crippen molar-refractivity contribution < 1.29 is 15.0 Å². The number of carbonyl (C=O) groups is 1. The molecule has 0 unspecified atom stereocenters. The summed E-state index contributed by atoms with van der Waals surface area (Å²) in [5.41, 5.74) is 0.458. The smallest absolute Gasteiger partial charge is 0.336 e. The van der Waals surface area contributed by atoms with Crippen molar-refractivity contribution in [3.63, 3.8) is 0 Å². The second-order valence-electron chi connectivity index (χ2n) is 5.70. The number of hydrogen-bond donors (Lipinski definition) is 3. The summed E-state index contributed by atoms with van der Waals surface area (Å²) in [4.78, 5) is 11.1. The zero-order chi connectivity index (χ0) is 14.4. The molecule has 0 aliphatic heterocycles. The second kappa shape index (κ2) is 6.86. The van der Waals surface area contributed by atoms with Gasteiger partial charge in [0.05, 0.1) is 11.2 Å². The van der Waals surface area contributed by atoms with Gasteiger partial charge < -0.3 is 15.5 Å². The van der Waals surface area contributed by atoms with Crippen LogP contribution in [0, 0.1) is 0 Å². The normalized spacial score (nSPS) is 18.4. The average molecular weight is 277 g/mol. The van der Waals surface area contributed by atoms with Crippen LogP contribution >= 0.6 is 0 Å². The van der Waals surface area contributed by atoms with Crippen LogP contribution in [0.5, 0.6) is 0 Å². The number of hydrogen-bond acceptors (Lipinski definition) is 3. The molecule has 3 N–H and O–H groups in total. The van der Waals surface area contributed by atoms with Gasteiger partial charge in [-0.05, 0) is 24.5 Å². The lowest BCUT2D eigenvalue weighted by atomic mass is 9.94. The maximum absolute atomic E-state index is 11.1. The fourth-order valence-corrected chi connectivity index (χ4v) is 2.88. The minimum Gasteiger partial charge on any atom is -0.478 e. The summed E-state index contributed by atoms with van der Waals surface area (Å²) in [7, 11) is 0. The summed E-state index contributed by atoms with van der Waals surface area (Å²) < 4.78 is 0. The Bertz CT molecular complexity index is 451. The van der Waals surface area contributed by atoms with E-state index < -0.39 is 11.6 Å². The molecule has 1 aliphatic carbocycles. The first-order chi connectivity index (χ1) is 9.61. The Morgan fingerprint density at radius 1 is 1.15 bits per heavy atom. The number of benzene rings is 1. The number of nitrogens with one attached hydrogen (secondary N) is 1. The Labute approximate surface area is 119 Å². The summed E-state index contributed by atoms with van der Waals surface area (Å²) in [5, 5.41) is 22.9. The molecule has 0 heterocycles. The zero-order valence-corrected chi connectivity index (χ0v) is 11.8. The van der Waals surface area contributed by atoms with Crippen molar-refractivity contribution in [3.8, 4) is 0 Å². The van der Waals surface area contributed by atoms with Crippen LogP contribution in [0.3, 0.4) is 0 Å². The molecule has 0 aromatic heterocycles. The van der Waals surface area contributed by atoms with Crippen molar-refractivity contribution in [1.82, 2.24) is 5.32 Å². The third kappa shape index (κ3) is 4.05. The van der Waals surface area contributed by atoms with E-state index in [1.165, 1.54) is 12.8 Å². The van der Waals surface area contributed by atoms with Crippen molar-refractivity contribution in [3.05, 3.63) is 35.4 Å². The SMILES string of the molecule is O=C(O)c1ccccc1CNCC1(O)CCCCCC1. The summed E-state index contributed by atoms with van der Waals surface area (Å²) in [6, 6.07) is 6.99. The van der Waals surface area contributed by atoms with E-state index in [2.05, 4.69) is 5.32 Å². The van der Waals surface area contributed by atoms with Crippen LogP contribution in [-0.2, 0) is 6.54 Å². The second-order valence-corrected chi connectivity index (χ2v) is 5.70. The Morgan fingerprint density at radius 2 is 1.80 bits per heavy atom. The third-order valence-electron chi connectivity index (χ3n) is 4.05. The van der Waals surface area contributed by atoms with Crippen LogP contribution in [0.25, 0.3) is 0 Å². The maximum atomic E-state index is 11.1. The van der Waals surface area contributed by atoms with Crippen molar-refractivity contribution in [2.45, 2.75) is 50.7 Å². The van der Waals surface area contributed by atoms with E-state index in [0.717, 1.165) is 31.2 Å². The number of aliphatic hydroxyl groups is 1. The fourth-order valence-electron chi connectivity index (χ4n) is 2.88. The minimum absolute atomic E-state index is 0.327. The summed E-state index contributed by atoms with van der Waals surface area (Å²) >= 11 is 0. The Morgan fingerprint density at radius 3 is 2.45 bits per heavy atom. The summed E-state index contributed by atoms with van der Waals surface area (Å²) in [6.07, 6.45) is 6.21. The minimum atomic E-state index is -0.907. The highest BCUT2D eigenvalue weighted by atomic mass is 16.4. The number of carboxylic acids is 1. The average Bonchev–Trinajstić information content (AvgIpc) is 2.64. The first-order valence-electron chi connectivity index (χ1n) is 7.35. The van der Waals surface area contributed by atoms with Crippen molar-refractivity contribution in [2.24, 2.45) is 0 Å². The standard InChI is InChI=1S/C16H23NO3/c18-15(19)14-8-4-3-7-13(14)11-17-12-16(20)9-5-1-2-6-10-16/h3-4,7-8,17,20H,1-2,5-6,9-12H2,(H,18,19). The molecule has 0 saturated heterocycles. The van der Waals surface area contributed by atoms with Gasteiger partial charge in [0.25, 0.3) is 0 Å². The molecular formula is C16H23NO3. The highest BCUT2D eigenvalue weighted by Crippen LogP contribution is 2.26. The Balaban J connectivity index is 1.91. The van der Waals surface area contributed by atoms with Gasteiger partial charge in [-0.1, -0.05) is 43.9 Å². The van der Waals surface area contributed by atoms with E-state index in [1.807, 2.05) is 12.1 Å². The molecule has 20 heavy (non-hydrogen) atoms. The van der Waals surface area contributed by atoms with Gasteiger partial charge in [-0.25, -0.2) is 4.79 Å². The molecular weight excluding hydrogens is 254 g/mol. The lowest BCUT2D eigenvalue weighted by Crippen LogP contribution is -2.40. The summed E-state index contributed by atoms with van der Waals surface area (Å²) in [6.45, 7) is 1.01. The van der Waals surface area contributed by atoms with Crippen LogP contribution in [0.15, 0.2) is 24.3 Å². The van der Waals surface area contributed by atoms with Gasteiger partial charge in [0, 0.05) is 13.1 Å². The van der Waals surface area contributed by atoms with Crippen LogP contribution in [0.4, 0.5) is 0 Å². The van der Waals surface area contributed by atoms with Crippen molar-refractivity contribution >= 4 is 5.97 Å². The van der Waals surface area contributed by atoms with Crippen molar-refractivity contribution in [2.75, 3.05) is 6.54 Å². The van der Waals surface area contributed by atoms with E-state index >= 15 is 0 Å². The number of rotatable bonds is 5. The molecule has 1 aromatic rings. The van der Waals surface area contributed by atoms with Gasteiger partial charge in [-0.15, -0.1) is 0 Å². The molecule has 0 bridgehead atoms. The zero-order valence-electron chi connectivity index (χ0n) is 11.8. The van der Waals surface area contributed by atoms with Crippen LogP contribution in [-0.4, -0.2) is 28.3 Å². The Hall–Kier alpha value is -1.39. The molecule has 2 rings (SSSR count). The number of carboxylic acid groups (broad SMARTS) is 1. The Kier molecular flexibility index (Phi) is 5.15. The van der Waals surface area contributed by atoms with Crippen LogP contribution in [0.2, 0.25) is 0 Å². The van der Waals surface area contributed by atoms with E-state index in [1.54, 1.807) is 12.1 Å². The summed E-state index contributed by atoms with van der Waals surface area (Å²) in [5.74, 6) is -0.907. The lowest BCUT2D eigenvalue weighted by molar-refractivity contribution is 0.0250. The molecule has 1 saturated carbocycles. The largest absolute Gasteiger partial charge is 0.478 e. The van der Waals surface area contributed by atoms with Gasteiger partial charge in [0.1, 0.15) is 0 Å². The predicted octanol–water partition coefficient (Wildman–Crippen LogP) is 2.56. The lowest BCUT2D eigenvalue weighted by Gasteiger charge is -2.27. The highest BCUT2D eigenvalue weighted by Gasteiger charge is 2.27. The van der Waals surface area contributed by atoms with E-state index in [4.69, 9.17) is 5.11 Å². The van der Waals surface area contributed by atoms with Crippen LogP contribution < -0.4 is 5.32 Å². The fraction of sp³-hybridized carbons (Fsp3) is 0.562. The quantitative estimate of drug-likeness (QED) is 0.723.